The van der Waals surface area contributed by atoms with E-state index in [2.05, 4.69) is 5.32 Å². The molecule has 0 spiro atoms. The molecule has 154 valence electrons. The Bertz CT molecular complexity index is 884. The second-order valence-corrected chi connectivity index (χ2v) is 7.40. The molecule has 29 heavy (non-hydrogen) atoms. The van der Waals surface area contributed by atoms with Gasteiger partial charge in [0.1, 0.15) is 17.2 Å². The second kappa shape index (κ2) is 8.86. The zero-order valence-corrected chi connectivity index (χ0v) is 16.6. The smallest absolute Gasteiger partial charge is 0.260 e. The zero-order chi connectivity index (χ0) is 21.0. The van der Waals surface area contributed by atoms with E-state index >= 15 is 0 Å². The van der Waals surface area contributed by atoms with Gasteiger partial charge in [0, 0.05) is 30.8 Å². The number of hydrogen-bond donors (Lipinski definition) is 3. The van der Waals surface area contributed by atoms with Crippen LogP contribution in [0.4, 0.5) is 0 Å². The minimum Gasteiger partial charge on any atom is -0.508 e. The summed E-state index contributed by atoms with van der Waals surface area (Å²) in [7, 11) is 0. The van der Waals surface area contributed by atoms with Crippen LogP contribution in [0.3, 0.4) is 0 Å². The molecule has 2 aromatic rings. The highest BCUT2D eigenvalue weighted by molar-refractivity contribution is 5.95. The first-order valence-corrected chi connectivity index (χ1v) is 9.63. The Morgan fingerprint density at radius 3 is 2.31 bits per heavy atom. The molecule has 0 radical (unpaired) electrons. The van der Waals surface area contributed by atoms with Crippen LogP contribution >= 0.6 is 0 Å². The minimum absolute atomic E-state index is 0.0118. The van der Waals surface area contributed by atoms with Gasteiger partial charge < -0.3 is 25.2 Å². The molecule has 7 heteroatoms. The van der Waals surface area contributed by atoms with Gasteiger partial charge >= 0.3 is 0 Å². The molecule has 1 aliphatic heterocycles. The van der Waals surface area contributed by atoms with E-state index in [0.717, 1.165) is 5.56 Å². The van der Waals surface area contributed by atoms with E-state index in [4.69, 9.17) is 4.74 Å². The molecule has 0 aliphatic carbocycles. The Kier molecular flexibility index (Phi) is 6.26. The van der Waals surface area contributed by atoms with Gasteiger partial charge in [0.2, 0.25) is 0 Å². The predicted octanol–water partition coefficient (Wildman–Crippen LogP) is 2.51. The van der Waals surface area contributed by atoms with Gasteiger partial charge in [-0.05, 0) is 62.1 Å². The molecule has 3 N–H and O–H groups in total. The molecule has 0 bridgehead atoms. The number of phenols is 2. The summed E-state index contributed by atoms with van der Waals surface area (Å²) < 4.78 is 5.62. The lowest BCUT2D eigenvalue weighted by Crippen LogP contribution is -2.47. The van der Waals surface area contributed by atoms with Gasteiger partial charge in [-0.25, -0.2) is 0 Å². The standard InChI is InChI=1S/C22H26N2O5/c1-14-3-4-20(9-15(14)2)29-13-21(27)24-7-5-17(6-8-24)23-22(28)16-10-18(25)12-19(26)11-16/h3-4,9-12,17,25-26H,5-8,13H2,1-2H3,(H,23,28). The van der Waals surface area contributed by atoms with E-state index in [9.17, 15) is 19.8 Å². The van der Waals surface area contributed by atoms with Gasteiger partial charge in [-0.15, -0.1) is 0 Å². The van der Waals surface area contributed by atoms with Crippen LogP contribution < -0.4 is 10.1 Å². The third kappa shape index (κ3) is 5.40. The second-order valence-electron chi connectivity index (χ2n) is 7.40. The number of benzene rings is 2. The number of aryl methyl sites for hydroxylation is 2. The van der Waals surface area contributed by atoms with Crippen molar-refractivity contribution in [3.63, 3.8) is 0 Å². The average Bonchev–Trinajstić information content (AvgIpc) is 2.68. The molecule has 2 amide bonds. The fourth-order valence-corrected chi connectivity index (χ4v) is 3.31. The first-order chi connectivity index (χ1) is 13.8. The molecule has 2 aromatic carbocycles. The van der Waals surface area contributed by atoms with Gasteiger partial charge in [0.15, 0.2) is 6.61 Å². The molecular weight excluding hydrogens is 372 g/mol. The summed E-state index contributed by atoms with van der Waals surface area (Å²) in [5.74, 6) is -0.0957. The number of carbonyl (C=O) groups excluding carboxylic acids is 2. The summed E-state index contributed by atoms with van der Waals surface area (Å²) in [5, 5.41) is 21.9. The fraction of sp³-hybridized carbons (Fsp3) is 0.364. The van der Waals surface area contributed by atoms with Crippen molar-refractivity contribution in [2.24, 2.45) is 0 Å². The lowest BCUT2D eigenvalue weighted by molar-refractivity contribution is -0.134. The number of carbonyl (C=O) groups is 2. The van der Waals surface area contributed by atoms with E-state index in [0.29, 0.717) is 31.7 Å². The first kappa shape index (κ1) is 20.5. The van der Waals surface area contributed by atoms with Crippen molar-refractivity contribution in [1.82, 2.24) is 10.2 Å². The maximum atomic E-state index is 12.4. The van der Waals surface area contributed by atoms with Gasteiger partial charge in [-0.1, -0.05) is 6.07 Å². The van der Waals surface area contributed by atoms with Crippen molar-refractivity contribution < 1.29 is 24.5 Å². The highest BCUT2D eigenvalue weighted by atomic mass is 16.5. The number of phenolic OH excluding ortho intramolecular Hbond substituents is 2. The Morgan fingerprint density at radius 2 is 1.69 bits per heavy atom. The topological polar surface area (TPSA) is 99.1 Å². The predicted molar refractivity (Wildman–Crippen MR) is 108 cm³/mol. The summed E-state index contributed by atoms with van der Waals surface area (Å²) in [6, 6.07) is 9.45. The highest BCUT2D eigenvalue weighted by Gasteiger charge is 2.24. The van der Waals surface area contributed by atoms with E-state index in [1.807, 2.05) is 32.0 Å². The monoisotopic (exact) mass is 398 g/mol. The lowest BCUT2D eigenvalue weighted by Gasteiger charge is -2.32. The van der Waals surface area contributed by atoms with Crippen molar-refractivity contribution in [3.8, 4) is 17.2 Å². The van der Waals surface area contributed by atoms with E-state index in [1.165, 1.54) is 23.8 Å². The highest BCUT2D eigenvalue weighted by Crippen LogP contribution is 2.21. The van der Waals surface area contributed by atoms with Crippen LogP contribution in [0.15, 0.2) is 36.4 Å². The molecule has 1 saturated heterocycles. The number of rotatable bonds is 5. The SMILES string of the molecule is Cc1ccc(OCC(=O)N2CCC(NC(=O)c3cc(O)cc(O)c3)CC2)cc1C. The zero-order valence-electron chi connectivity index (χ0n) is 16.6. The fourth-order valence-electron chi connectivity index (χ4n) is 3.31. The van der Waals surface area contributed by atoms with Crippen LogP contribution in [0.2, 0.25) is 0 Å². The average molecular weight is 398 g/mol. The van der Waals surface area contributed by atoms with Crippen LogP contribution in [-0.2, 0) is 4.79 Å². The van der Waals surface area contributed by atoms with Gasteiger partial charge in [-0.3, -0.25) is 9.59 Å². The molecule has 0 saturated carbocycles. The van der Waals surface area contributed by atoms with Crippen molar-refractivity contribution in [1.29, 1.82) is 0 Å². The van der Waals surface area contributed by atoms with Crippen molar-refractivity contribution >= 4 is 11.8 Å². The minimum atomic E-state index is -0.362. The number of nitrogens with one attached hydrogen (secondary N) is 1. The molecule has 1 fully saturated rings. The molecule has 3 rings (SSSR count). The van der Waals surface area contributed by atoms with E-state index in [-0.39, 0.29) is 41.5 Å². The quantitative estimate of drug-likeness (QED) is 0.719. The number of nitrogens with zero attached hydrogens (tertiary/aromatic N) is 1. The Balaban J connectivity index is 1.46. The number of likely N-dealkylation sites (tertiary alicyclic amines) is 1. The van der Waals surface area contributed by atoms with Crippen LogP contribution in [0.1, 0.15) is 34.3 Å². The van der Waals surface area contributed by atoms with E-state index < -0.39 is 0 Å². The van der Waals surface area contributed by atoms with Crippen LogP contribution in [0.25, 0.3) is 0 Å². The maximum Gasteiger partial charge on any atom is 0.260 e. The number of aromatic hydroxyl groups is 2. The molecule has 0 atom stereocenters. The number of piperidine rings is 1. The molecular formula is C22H26N2O5. The summed E-state index contributed by atoms with van der Waals surface area (Å²) in [6.45, 7) is 5.08. The van der Waals surface area contributed by atoms with Gasteiger partial charge in [0.25, 0.3) is 11.8 Å². The van der Waals surface area contributed by atoms with Crippen LogP contribution in [0.5, 0.6) is 17.2 Å². The van der Waals surface area contributed by atoms with Crippen molar-refractivity contribution in [3.05, 3.63) is 53.1 Å². The molecule has 7 nitrogen and oxygen atoms in total. The molecule has 1 heterocycles. The van der Waals surface area contributed by atoms with Crippen LogP contribution in [-0.4, -0.2) is 52.7 Å². The third-order valence-electron chi connectivity index (χ3n) is 5.19. The number of ether oxygens (including phenoxy) is 1. The summed E-state index contributed by atoms with van der Waals surface area (Å²) >= 11 is 0. The Hall–Kier alpha value is -3.22. The molecule has 1 aliphatic rings. The van der Waals surface area contributed by atoms with Crippen LogP contribution in [0, 0.1) is 13.8 Å². The van der Waals surface area contributed by atoms with E-state index in [1.54, 1.807) is 4.90 Å². The van der Waals surface area contributed by atoms with Gasteiger partial charge in [0.05, 0.1) is 0 Å². The van der Waals surface area contributed by atoms with Crippen molar-refractivity contribution in [2.45, 2.75) is 32.7 Å². The first-order valence-electron chi connectivity index (χ1n) is 9.63. The van der Waals surface area contributed by atoms with Crippen molar-refractivity contribution in [2.75, 3.05) is 19.7 Å². The largest absolute Gasteiger partial charge is 0.508 e. The normalized spacial score (nSPS) is 14.5. The third-order valence-corrected chi connectivity index (χ3v) is 5.19. The summed E-state index contributed by atoms with van der Waals surface area (Å²) in [6.07, 6.45) is 1.26. The van der Waals surface area contributed by atoms with Gasteiger partial charge in [-0.2, -0.15) is 0 Å². The summed E-state index contributed by atoms with van der Waals surface area (Å²) in [4.78, 5) is 26.5. The number of hydrogen-bond acceptors (Lipinski definition) is 5. The Morgan fingerprint density at radius 1 is 1.03 bits per heavy atom. The Labute approximate surface area is 169 Å². The molecule has 0 aromatic heterocycles. The maximum absolute atomic E-state index is 12.4. The number of amides is 2. The lowest BCUT2D eigenvalue weighted by atomic mass is 10.0. The summed E-state index contributed by atoms with van der Waals surface area (Å²) in [5.41, 5.74) is 2.49. The molecule has 0 unspecified atom stereocenters.